The minimum Gasteiger partial charge on any atom is -0.332 e. The lowest BCUT2D eigenvalue weighted by molar-refractivity contribution is -0.114. The summed E-state index contributed by atoms with van der Waals surface area (Å²) in [5.74, 6) is -0.113. The van der Waals surface area contributed by atoms with Crippen molar-refractivity contribution in [1.82, 2.24) is 4.90 Å². The van der Waals surface area contributed by atoms with Crippen molar-refractivity contribution in [2.75, 3.05) is 11.9 Å². The molecule has 4 nitrogen and oxygen atoms in total. The first-order valence-corrected chi connectivity index (χ1v) is 8.97. The van der Waals surface area contributed by atoms with Crippen LogP contribution >= 0.6 is 0 Å². The number of amides is 2. The zero-order chi connectivity index (χ0) is 18.5. The molecule has 0 saturated carbocycles. The van der Waals surface area contributed by atoms with E-state index in [9.17, 15) is 9.59 Å². The lowest BCUT2D eigenvalue weighted by Gasteiger charge is -2.24. The Hall–Kier alpha value is -2.88. The van der Waals surface area contributed by atoms with Gasteiger partial charge in [0.2, 0.25) is 5.91 Å². The Balaban J connectivity index is 1.80. The maximum absolute atomic E-state index is 13.1. The highest BCUT2D eigenvalue weighted by Gasteiger charge is 2.28. The van der Waals surface area contributed by atoms with E-state index in [2.05, 4.69) is 29.6 Å². The zero-order valence-corrected chi connectivity index (χ0v) is 15.2. The van der Waals surface area contributed by atoms with Gasteiger partial charge >= 0.3 is 0 Å². The van der Waals surface area contributed by atoms with Crippen molar-refractivity contribution in [2.45, 2.75) is 32.7 Å². The molecule has 1 fully saturated rings. The van der Waals surface area contributed by atoms with Gasteiger partial charge in [0.1, 0.15) is 0 Å². The normalized spacial score (nSPS) is 16.8. The molecule has 4 heteroatoms. The molecule has 1 saturated heterocycles. The number of nitrogens with zero attached hydrogens (tertiary/aromatic N) is 1. The van der Waals surface area contributed by atoms with Crippen LogP contribution < -0.4 is 5.32 Å². The lowest BCUT2D eigenvalue weighted by Crippen LogP contribution is -2.34. The number of benzene rings is 2. The largest absolute Gasteiger partial charge is 0.332 e. The molecule has 0 aliphatic carbocycles. The third-order valence-corrected chi connectivity index (χ3v) is 4.75. The third-order valence-electron chi connectivity index (χ3n) is 4.75. The summed E-state index contributed by atoms with van der Waals surface area (Å²) >= 11 is 0. The van der Waals surface area contributed by atoms with Gasteiger partial charge in [-0.2, -0.15) is 0 Å². The molecule has 2 amide bonds. The summed E-state index contributed by atoms with van der Waals surface area (Å²) in [6.07, 6.45) is 6.17. The van der Waals surface area contributed by atoms with E-state index in [4.69, 9.17) is 0 Å². The van der Waals surface area contributed by atoms with Crippen LogP contribution in [0.5, 0.6) is 0 Å². The van der Waals surface area contributed by atoms with Gasteiger partial charge in [0.25, 0.3) is 5.91 Å². The minimum atomic E-state index is -0.137. The maximum Gasteiger partial charge on any atom is 0.254 e. The quantitative estimate of drug-likeness (QED) is 0.897. The fourth-order valence-electron chi connectivity index (χ4n) is 3.38. The van der Waals surface area contributed by atoms with Crippen LogP contribution in [0.3, 0.4) is 0 Å². The molecule has 1 aliphatic heterocycles. The van der Waals surface area contributed by atoms with Crippen molar-refractivity contribution in [3.63, 3.8) is 0 Å². The highest BCUT2D eigenvalue weighted by atomic mass is 16.2. The Morgan fingerprint density at radius 1 is 1.12 bits per heavy atom. The average molecular weight is 348 g/mol. The number of nitrogens with one attached hydrogen (secondary N) is 1. The van der Waals surface area contributed by atoms with Crippen LogP contribution in [0.4, 0.5) is 5.69 Å². The number of anilines is 1. The van der Waals surface area contributed by atoms with Crippen molar-refractivity contribution in [3.8, 4) is 0 Å². The molecule has 0 aromatic heterocycles. The SMILES string of the molecule is CC(=O)Nc1cccc(C(=O)N2CCCC2C=Cc2ccccc2)c1C. The van der Waals surface area contributed by atoms with Crippen molar-refractivity contribution in [1.29, 1.82) is 0 Å². The second kappa shape index (κ2) is 8.00. The van der Waals surface area contributed by atoms with Gasteiger partial charge in [-0.15, -0.1) is 0 Å². The first kappa shape index (κ1) is 17.9. The maximum atomic E-state index is 13.1. The molecule has 2 aromatic carbocycles. The standard InChI is InChI=1S/C22H24N2O2/c1-16-20(11-6-12-21(16)23-17(2)25)22(26)24-15-7-10-19(24)14-13-18-8-4-3-5-9-18/h3-6,8-9,11-14,19H,7,10,15H2,1-2H3,(H,23,25). The molecule has 134 valence electrons. The summed E-state index contributed by atoms with van der Waals surface area (Å²) in [5, 5.41) is 2.79. The van der Waals surface area contributed by atoms with Crippen LogP contribution in [0.1, 0.15) is 41.3 Å². The van der Waals surface area contributed by atoms with E-state index in [1.807, 2.05) is 48.2 Å². The van der Waals surface area contributed by atoms with Gasteiger partial charge in [0, 0.05) is 24.7 Å². The van der Waals surface area contributed by atoms with Crippen LogP contribution in [0.25, 0.3) is 6.08 Å². The van der Waals surface area contributed by atoms with Crippen LogP contribution in [0.2, 0.25) is 0 Å². The summed E-state index contributed by atoms with van der Waals surface area (Å²) in [6.45, 7) is 4.11. The van der Waals surface area contributed by atoms with E-state index in [0.29, 0.717) is 11.3 Å². The summed E-state index contributed by atoms with van der Waals surface area (Å²) in [4.78, 5) is 26.4. The van der Waals surface area contributed by atoms with Gasteiger partial charge in [-0.05, 0) is 43.0 Å². The molecule has 0 spiro atoms. The van der Waals surface area contributed by atoms with Crippen molar-refractivity contribution < 1.29 is 9.59 Å². The predicted octanol–water partition coefficient (Wildman–Crippen LogP) is 4.27. The van der Waals surface area contributed by atoms with E-state index in [0.717, 1.165) is 30.5 Å². The number of hydrogen-bond donors (Lipinski definition) is 1. The second-order valence-corrected chi connectivity index (χ2v) is 6.64. The smallest absolute Gasteiger partial charge is 0.254 e. The summed E-state index contributed by atoms with van der Waals surface area (Å²) in [6, 6.07) is 15.7. The van der Waals surface area contributed by atoms with Gasteiger partial charge in [-0.25, -0.2) is 0 Å². The average Bonchev–Trinajstić information content (AvgIpc) is 3.10. The lowest BCUT2D eigenvalue weighted by atomic mass is 10.0. The topological polar surface area (TPSA) is 49.4 Å². The Labute approximate surface area is 154 Å². The molecule has 3 rings (SSSR count). The van der Waals surface area contributed by atoms with Gasteiger partial charge in [0.15, 0.2) is 0 Å². The van der Waals surface area contributed by atoms with E-state index in [1.54, 1.807) is 0 Å². The van der Waals surface area contributed by atoms with E-state index < -0.39 is 0 Å². The number of hydrogen-bond acceptors (Lipinski definition) is 2. The fraction of sp³-hybridized carbons (Fsp3) is 0.273. The highest BCUT2D eigenvalue weighted by Crippen LogP contribution is 2.26. The summed E-state index contributed by atoms with van der Waals surface area (Å²) in [5.41, 5.74) is 3.29. The number of rotatable bonds is 4. The molecule has 1 heterocycles. The van der Waals surface area contributed by atoms with Crippen molar-refractivity contribution >= 4 is 23.6 Å². The van der Waals surface area contributed by atoms with Gasteiger partial charge in [-0.3, -0.25) is 9.59 Å². The van der Waals surface area contributed by atoms with E-state index in [-0.39, 0.29) is 17.9 Å². The van der Waals surface area contributed by atoms with Crippen LogP contribution in [-0.2, 0) is 4.79 Å². The zero-order valence-electron chi connectivity index (χ0n) is 15.2. The Morgan fingerprint density at radius 3 is 2.62 bits per heavy atom. The molecule has 1 aliphatic rings. The molecule has 0 bridgehead atoms. The molecule has 1 N–H and O–H groups in total. The number of carbonyl (C=O) groups is 2. The Kier molecular flexibility index (Phi) is 5.52. The molecule has 26 heavy (non-hydrogen) atoms. The van der Waals surface area contributed by atoms with E-state index >= 15 is 0 Å². The first-order valence-electron chi connectivity index (χ1n) is 8.97. The van der Waals surface area contributed by atoms with Gasteiger partial charge in [0.05, 0.1) is 6.04 Å². The summed E-state index contributed by atoms with van der Waals surface area (Å²) in [7, 11) is 0. The van der Waals surface area contributed by atoms with Gasteiger partial charge in [-0.1, -0.05) is 48.6 Å². The number of carbonyl (C=O) groups excluding carboxylic acids is 2. The highest BCUT2D eigenvalue weighted by molar-refractivity contribution is 5.99. The molecular weight excluding hydrogens is 324 g/mol. The van der Waals surface area contributed by atoms with Crippen LogP contribution in [0, 0.1) is 6.92 Å². The van der Waals surface area contributed by atoms with Crippen LogP contribution in [0.15, 0.2) is 54.6 Å². The van der Waals surface area contributed by atoms with Gasteiger partial charge < -0.3 is 10.2 Å². The Morgan fingerprint density at radius 2 is 1.88 bits per heavy atom. The second-order valence-electron chi connectivity index (χ2n) is 6.64. The number of likely N-dealkylation sites (tertiary alicyclic amines) is 1. The van der Waals surface area contributed by atoms with E-state index in [1.165, 1.54) is 6.92 Å². The predicted molar refractivity (Wildman–Crippen MR) is 105 cm³/mol. The third kappa shape index (κ3) is 4.02. The molecule has 1 unspecified atom stereocenters. The summed E-state index contributed by atoms with van der Waals surface area (Å²) < 4.78 is 0. The monoisotopic (exact) mass is 348 g/mol. The molecule has 1 atom stereocenters. The molecule has 0 radical (unpaired) electrons. The van der Waals surface area contributed by atoms with Crippen molar-refractivity contribution in [2.24, 2.45) is 0 Å². The minimum absolute atomic E-state index is 0.0231. The van der Waals surface area contributed by atoms with Crippen LogP contribution in [-0.4, -0.2) is 29.3 Å². The van der Waals surface area contributed by atoms with Crippen molar-refractivity contribution in [3.05, 3.63) is 71.3 Å². The Bertz CT molecular complexity index is 827. The fourth-order valence-corrected chi connectivity index (χ4v) is 3.38. The molecular formula is C22H24N2O2. The molecule has 2 aromatic rings. The first-order chi connectivity index (χ1) is 12.6.